The minimum absolute atomic E-state index is 0. The molecule has 2 saturated heterocycles. The summed E-state index contributed by atoms with van der Waals surface area (Å²) < 4.78 is 0. The van der Waals surface area contributed by atoms with Gasteiger partial charge in [-0.25, -0.2) is 0 Å². The molecule has 3 amide bonds. The summed E-state index contributed by atoms with van der Waals surface area (Å²) in [4.78, 5) is 42.0. The van der Waals surface area contributed by atoms with E-state index < -0.39 is 0 Å². The molecule has 0 unspecified atom stereocenters. The Labute approximate surface area is 264 Å². The van der Waals surface area contributed by atoms with Crippen molar-refractivity contribution >= 4 is 18.2 Å². The van der Waals surface area contributed by atoms with Gasteiger partial charge in [0.2, 0.25) is 18.2 Å². The SMILES string of the molecule is C/C(=C\[C@H](C(C)C)N(C)C(=O)CNC=O)C(=O)N1CCC[C@H]1CNCCC(C)C.CC(C)C.CC(C)N1CCCCC1.O. The molecule has 2 atom stereocenters. The normalized spacial score (nSPS) is 18.0. The van der Waals surface area contributed by atoms with Gasteiger partial charge < -0.3 is 30.8 Å². The van der Waals surface area contributed by atoms with Crippen LogP contribution in [-0.4, -0.2) is 103 Å². The van der Waals surface area contributed by atoms with Crippen LogP contribution in [0.3, 0.4) is 0 Å². The molecule has 9 heteroatoms. The summed E-state index contributed by atoms with van der Waals surface area (Å²) >= 11 is 0. The lowest BCUT2D eigenvalue weighted by molar-refractivity contribution is -0.132. The number of hydrogen-bond acceptors (Lipinski definition) is 5. The number of likely N-dealkylation sites (N-methyl/N-ethyl adjacent to an activating group) is 1. The molecule has 2 heterocycles. The zero-order valence-electron chi connectivity index (χ0n) is 29.7. The van der Waals surface area contributed by atoms with E-state index in [1.807, 2.05) is 31.7 Å². The maximum atomic E-state index is 13.1. The third-order valence-corrected chi connectivity index (χ3v) is 7.66. The second-order valence-electron chi connectivity index (χ2n) is 13.7. The monoisotopic (exact) mass is 612 g/mol. The van der Waals surface area contributed by atoms with Crippen molar-refractivity contribution in [3.63, 3.8) is 0 Å². The predicted molar refractivity (Wildman–Crippen MR) is 181 cm³/mol. The van der Waals surface area contributed by atoms with E-state index in [-0.39, 0.29) is 41.8 Å². The molecule has 2 rings (SSSR count). The molecule has 0 radical (unpaired) electrons. The zero-order chi connectivity index (χ0) is 32.2. The number of hydrogen-bond donors (Lipinski definition) is 2. The van der Waals surface area contributed by atoms with Crippen molar-refractivity contribution in [2.45, 2.75) is 126 Å². The predicted octanol–water partition coefficient (Wildman–Crippen LogP) is 4.51. The Balaban J connectivity index is 0. The Morgan fingerprint density at radius 1 is 0.930 bits per heavy atom. The van der Waals surface area contributed by atoms with Crippen molar-refractivity contribution in [1.82, 2.24) is 25.3 Å². The van der Waals surface area contributed by atoms with Crippen LogP contribution in [0.15, 0.2) is 11.6 Å². The lowest BCUT2D eigenvalue weighted by atomic mass is 9.99. The topological polar surface area (TPSA) is 116 Å². The first-order chi connectivity index (χ1) is 19.7. The quantitative estimate of drug-likeness (QED) is 0.181. The molecule has 254 valence electrons. The second-order valence-corrected chi connectivity index (χ2v) is 13.7. The van der Waals surface area contributed by atoms with Crippen molar-refractivity contribution in [1.29, 1.82) is 0 Å². The van der Waals surface area contributed by atoms with Crippen molar-refractivity contribution in [2.75, 3.05) is 46.3 Å². The fourth-order valence-electron chi connectivity index (χ4n) is 5.13. The van der Waals surface area contributed by atoms with Gasteiger partial charge in [-0.3, -0.25) is 14.4 Å². The van der Waals surface area contributed by atoms with Crippen LogP contribution in [0.2, 0.25) is 0 Å². The summed E-state index contributed by atoms with van der Waals surface area (Å²) in [5.74, 6) is 1.52. The molecule has 0 bridgehead atoms. The van der Waals surface area contributed by atoms with E-state index in [0.29, 0.717) is 17.9 Å². The average Bonchev–Trinajstić information content (AvgIpc) is 3.40. The number of nitrogens with zero attached hydrogens (tertiary/aromatic N) is 3. The minimum atomic E-state index is -0.204. The van der Waals surface area contributed by atoms with Crippen LogP contribution >= 0.6 is 0 Å². The Kier molecular flexibility index (Phi) is 24.5. The highest BCUT2D eigenvalue weighted by molar-refractivity contribution is 5.93. The van der Waals surface area contributed by atoms with Crippen molar-refractivity contribution in [3.8, 4) is 0 Å². The number of rotatable bonds is 13. The first-order valence-electron chi connectivity index (χ1n) is 16.6. The lowest BCUT2D eigenvalue weighted by Gasteiger charge is -2.30. The molecular weight excluding hydrogens is 542 g/mol. The molecule has 2 aliphatic rings. The number of nitrogens with one attached hydrogen (secondary N) is 2. The first kappa shape index (κ1) is 43.2. The first-order valence-corrected chi connectivity index (χ1v) is 16.6. The van der Waals surface area contributed by atoms with Gasteiger partial charge in [0.05, 0.1) is 12.6 Å². The summed E-state index contributed by atoms with van der Waals surface area (Å²) in [7, 11) is 1.71. The van der Waals surface area contributed by atoms with Crippen molar-refractivity contribution < 1.29 is 19.9 Å². The maximum absolute atomic E-state index is 13.1. The van der Waals surface area contributed by atoms with Gasteiger partial charge in [0.1, 0.15) is 0 Å². The molecule has 0 aromatic heterocycles. The molecule has 0 aromatic carbocycles. The fourth-order valence-corrected chi connectivity index (χ4v) is 5.13. The number of likely N-dealkylation sites (tertiary alicyclic amines) is 2. The molecule has 2 aliphatic heterocycles. The third kappa shape index (κ3) is 19.1. The van der Waals surface area contributed by atoms with E-state index in [1.165, 1.54) is 32.4 Å². The number of carbonyl (C=O) groups is 3. The van der Waals surface area contributed by atoms with Gasteiger partial charge in [-0.2, -0.15) is 0 Å². The molecule has 0 spiro atoms. The van der Waals surface area contributed by atoms with Gasteiger partial charge in [-0.05, 0) is 90.3 Å². The Morgan fingerprint density at radius 2 is 1.51 bits per heavy atom. The summed E-state index contributed by atoms with van der Waals surface area (Å²) in [6, 6.07) is 0.794. The van der Waals surface area contributed by atoms with E-state index >= 15 is 0 Å². The van der Waals surface area contributed by atoms with E-state index in [4.69, 9.17) is 0 Å². The van der Waals surface area contributed by atoms with Crippen LogP contribution in [0, 0.1) is 17.8 Å². The number of amides is 3. The molecule has 0 aromatic rings. The summed E-state index contributed by atoms with van der Waals surface area (Å²) in [5.41, 5.74) is 0.667. The second kappa shape index (κ2) is 24.4. The van der Waals surface area contributed by atoms with E-state index in [9.17, 15) is 14.4 Å². The molecule has 9 nitrogen and oxygen atoms in total. The highest BCUT2D eigenvalue weighted by atomic mass is 16.2. The summed E-state index contributed by atoms with van der Waals surface area (Å²) in [5, 5.41) is 5.90. The van der Waals surface area contributed by atoms with Crippen LogP contribution in [-0.2, 0) is 14.4 Å². The van der Waals surface area contributed by atoms with Gasteiger partial charge in [-0.15, -0.1) is 0 Å². The molecule has 4 N–H and O–H groups in total. The fraction of sp³-hybridized carbons (Fsp3) is 0.853. The maximum Gasteiger partial charge on any atom is 0.249 e. The lowest BCUT2D eigenvalue weighted by Crippen LogP contribution is -2.45. The van der Waals surface area contributed by atoms with Gasteiger partial charge in [-0.1, -0.05) is 61.0 Å². The van der Waals surface area contributed by atoms with Crippen molar-refractivity contribution in [3.05, 3.63) is 11.6 Å². The number of piperidine rings is 1. The Bertz CT molecular complexity index is 776. The Hall–Kier alpha value is -1.97. The zero-order valence-corrected chi connectivity index (χ0v) is 29.7. The van der Waals surface area contributed by atoms with Gasteiger partial charge in [0.25, 0.3) is 0 Å². The molecule has 2 fully saturated rings. The standard InChI is InChI=1S/C22H40N4O3.C8H17N.C4H10.H2O/c1-16(2)9-10-23-13-19-8-7-11-26(19)22(29)18(5)12-20(17(3)4)25(6)21(28)14-24-15-27;1-8(2)9-6-4-3-5-7-9;1-4(2)3;/h12,15-17,19-20,23H,7-11,13-14H2,1-6H3,(H,24,27);8H,3-7H2,1-2H3;4H,1-3H3;1H2/b18-12+;;;/t19-,20+;;;/m0.../s1. The molecule has 0 aliphatic carbocycles. The molecular formula is C34H69N5O4. The van der Waals surface area contributed by atoms with Gasteiger partial charge >= 0.3 is 0 Å². The van der Waals surface area contributed by atoms with Crippen molar-refractivity contribution in [2.24, 2.45) is 17.8 Å². The minimum Gasteiger partial charge on any atom is -0.412 e. The van der Waals surface area contributed by atoms with Crippen LogP contribution in [0.25, 0.3) is 0 Å². The third-order valence-electron chi connectivity index (χ3n) is 7.66. The van der Waals surface area contributed by atoms with Gasteiger partial charge in [0, 0.05) is 37.8 Å². The largest absolute Gasteiger partial charge is 0.412 e. The molecule has 0 saturated carbocycles. The van der Waals surface area contributed by atoms with Crippen LogP contribution in [0.5, 0.6) is 0 Å². The van der Waals surface area contributed by atoms with Crippen LogP contribution in [0.1, 0.15) is 108 Å². The molecule has 43 heavy (non-hydrogen) atoms. The van der Waals surface area contributed by atoms with Crippen LogP contribution in [0.4, 0.5) is 0 Å². The highest BCUT2D eigenvalue weighted by Gasteiger charge is 2.30. The summed E-state index contributed by atoms with van der Waals surface area (Å²) in [6.45, 7) is 26.6. The van der Waals surface area contributed by atoms with Gasteiger partial charge in [0.15, 0.2) is 0 Å². The summed E-state index contributed by atoms with van der Waals surface area (Å²) in [6.07, 6.45) is 9.88. The van der Waals surface area contributed by atoms with E-state index in [0.717, 1.165) is 50.9 Å². The van der Waals surface area contributed by atoms with E-state index in [1.54, 1.807) is 11.9 Å². The highest BCUT2D eigenvalue weighted by Crippen LogP contribution is 2.21. The van der Waals surface area contributed by atoms with Crippen LogP contribution < -0.4 is 10.6 Å². The Morgan fingerprint density at radius 3 is 1.98 bits per heavy atom. The van der Waals surface area contributed by atoms with E-state index in [2.05, 4.69) is 64.0 Å². The smallest absolute Gasteiger partial charge is 0.249 e. The average molecular weight is 612 g/mol. The number of carbonyl (C=O) groups excluding carboxylic acids is 3.